The van der Waals surface area contributed by atoms with Crippen molar-refractivity contribution in [2.45, 2.75) is 11.8 Å². The average molecular weight is 372 g/mol. The van der Waals surface area contributed by atoms with Crippen molar-refractivity contribution in [2.75, 3.05) is 4.72 Å². The summed E-state index contributed by atoms with van der Waals surface area (Å²) < 4.78 is 27.4. The predicted octanol–water partition coefficient (Wildman–Crippen LogP) is 2.86. The first kappa shape index (κ1) is 15.4. The maximum atomic E-state index is 12.3. The molecule has 1 aromatic carbocycles. The number of nitrogens with one attached hydrogen (secondary N) is 1. The Kier molecular flexibility index (Phi) is 4.24. The Bertz CT molecular complexity index is 808. The fraction of sp³-hybridized carbons (Fsp3) is 0.0833. The van der Waals surface area contributed by atoms with E-state index < -0.39 is 25.5 Å². The van der Waals surface area contributed by atoms with Gasteiger partial charge in [0.15, 0.2) is 4.90 Å². The Morgan fingerprint density at radius 1 is 1.29 bits per heavy atom. The van der Waals surface area contributed by atoms with Crippen LogP contribution in [0, 0.1) is 17.0 Å². The van der Waals surface area contributed by atoms with E-state index in [4.69, 9.17) is 0 Å². The van der Waals surface area contributed by atoms with Crippen molar-refractivity contribution in [1.82, 2.24) is 4.98 Å². The van der Waals surface area contributed by atoms with Crippen molar-refractivity contribution in [3.8, 4) is 0 Å². The molecule has 0 radical (unpaired) electrons. The summed E-state index contributed by atoms with van der Waals surface area (Å²) in [6, 6.07) is 5.30. The first-order chi connectivity index (χ1) is 9.79. The molecule has 0 aliphatic carbocycles. The van der Waals surface area contributed by atoms with Gasteiger partial charge in [-0.15, -0.1) is 0 Å². The van der Waals surface area contributed by atoms with E-state index in [1.54, 1.807) is 19.2 Å². The molecule has 9 heteroatoms. The van der Waals surface area contributed by atoms with Crippen molar-refractivity contribution in [2.24, 2.45) is 0 Å². The number of aromatic nitrogens is 1. The lowest BCUT2D eigenvalue weighted by Gasteiger charge is -2.09. The highest BCUT2D eigenvalue weighted by atomic mass is 79.9. The molecule has 0 saturated carbocycles. The largest absolute Gasteiger partial charge is 0.289 e. The smallest absolute Gasteiger partial charge is 0.278 e. The molecule has 0 bridgehead atoms. The van der Waals surface area contributed by atoms with Gasteiger partial charge in [-0.3, -0.25) is 19.8 Å². The van der Waals surface area contributed by atoms with Gasteiger partial charge in [0.05, 0.1) is 16.8 Å². The summed E-state index contributed by atoms with van der Waals surface area (Å²) in [5.74, 6) is 0. The highest BCUT2D eigenvalue weighted by molar-refractivity contribution is 9.10. The van der Waals surface area contributed by atoms with E-state index >= 15 is 0 Å². The Balaban J connectivity index is 2.49. The minimum Gasteiger partial charge on any atom is -0.278 e. The SMILES string of the molecule is Cc1cncc(NS(=O)(=O)c2cc(Br)ccc2[N+](=O)[O-])c1. The number of benzene rings is 1. The monoisotopic (exact) mass is 371 g/mol. The number of pyridine rings is 1. The molecular formula is C12H10BrN3O4S. The molecule has 0 unspecified atom stereocenters. The number of nitro groups is 1. The highest BCUT2D eigenvalue weighted by Gasteiger charge is 2.26. The summed E-state index contributed by atoms with van der Waals surface area (Å²) in [5.41, 5.74) is 0.509. The van der Waals surface area contributed by atoms with Crippen LogP contribution in [0.1, 0.15) is 5.56 Å². The number of sulfonamides is 1. The zero-order chi connectivity index (χ0) is 15.6. The number of nitrogens with zero attached hydrogens (tertiary/aromatic N) is 2. The van der Waals surface area contributed by atoms with E-state index in [0.29, 0.717) is 4.47 Å². The minimum absolute atomic E-state index is 0.240. The Hall–Kier alpha value is -2.00. The second kappa shape index (κ2) is 5.78. The van der Waals surface area contributed by atoms with Gasteiger partial charge in [-0.25, -0.2) is 8.42 Å². The number of aryl methyl sites for hydroxylation is 1. The van der Waals surface area contributed by atoms with Crippen LogP contribution in [0.3, 0.4) is 0 Å². The summed E-state index contributed by atoms with van der Waals surface area (Å²) in [5, 5.41) is 11.0. The summed E-state index contributed by atoms with van der Waals surface area (Å²) >= 11 is 3.11. The number of hydrogen-bond acceptors (Lipinski definition) is 5. The summed E-state index contributed by atoms with van der Waals surface area (Å²) in [4.78, 5) is 13.7. The molecule has 21 heavy (non-hydrogen) atoms. The van der Waals surface area contributed by atoms with Gasteiger partial charge in [-0.1, -0.05) is 15.9 Å². The van der Waals surface area contributed by atoms with Crippen LogP contribution in [-0.4, -0.2) is 18.3 Å². The Morgan fingerprint density at radius 3 is 2.62 bits per heavy atom. The molecule has 0 atom stereocenters. The van der Waals surface area contributed by atoms with Gasteiger partial charge < -0.3 is 0 Å². The van der Waals surface area contributed by atoms with Gasteiger partial charge in [0.1, 0.15) is 0 Å². The lowest BCUT2D eigenvalue weighted by atomic mass is 10.3. The third-order valence-corrected chi connectivity index (χ3v) is 4.44. The number of rotatable bonds is 4. The van der Waals surface area contributed by atoms with Crippen molar-refractivity contribution in [3.63, 3.8) is 0 Å². The molecule has 7 nitrogen and oxygen atoms in total. The molecule has 0 aliphatic rings. The Morgan fingerprint density at radius 2 is 2.00 bits per heavy atom. The van der Waals surface area contributed by atoms with E-state index in [-0.39, 0.29) is 5.69 Å². The molecule has 1 heterocycles. The van der Waals surface area contributed by atoms with Crippen LogP contribution in [-0.2, 0) is 10.0 Å². The lowest BCUT2D eigenvalue weighted by molar-refractivity contribution is -0.387. The minimum atomic E-state index is -4.09. The number of nitro benzene ring substituents is 1. The van der Waals surface area contributed by atoms with E-state index in [1.165, 1.54) is 18.3 Å². The molecular weight excluding hydrogens is 362 g/mol. The van der Waals surface area contributed by atoms with E-state index in [0.717, 1.165) is 11.6 Å². The fourth-order valence-corrected chi connectivity index (χ4v) is 3.42. The van der Waals surface area contributed by atoms with Crippen LogP contribution in [0.15, 0.2) is 46.0 Å². The van der Waals surface area contributed by atoms with Gasteiger partial charge in [-0.2, -0.15) is 0 Å². The molecule has 0 saturated heterocycles. The van der Waals surface area contributed by atoms with Crippen LogP contribution in [0.5, 0.6) is 0 Å². The van der Waals surface area contributed by atoms with Gasteiger partial charge >= 0.3 is 0 Å². The predicted molar refractivity (Wildman–Crippen MR) is 80.6 cm³/mol. The second-order valence-corrected chi connectivity index (χ2v) is 6.79. The first-order valence-electron chi connectivity index (χ1n) is 5.68. The van der Waals surface area contributed by atoms with E-state index in [1.807, 2.05) is 0 Å². The van der Waals surface area contributed by atoms with Crippen LogP contribution < -0.4 is 4.72 Å². The third kappa shape index (κ3) is 3.56. The second-order valence-electron chi connectivity index (χ2n) is 4.23. The van der Waals surface area contributed by atoms with Crippen molar-refractivity contribution >= 4 is 37.3 Å². The summed E-state index contributed by atoms with van der Waals surface area (Å²) in [6.45, 7) is 1.76. The van der Waals surface area contributed by atoms with Gasteiger partial charge in [0.25, 0.3) is 15.7 Å². The molecule has 0 spiro atoms. The zero-order valence-electron chi connectivity index (χ0n) is 10.8. The molecule has 2 rings (SSSR count). The molecule has 0 fully saturated rings. The topological polar surface area (TPSA) is 102 Å². The highest BCUT2D eigenvalue weighted by Crippen LogP contribution is 2.28. The molecule has 0 amide bonds. The number of anilines is 1. The number of halogens is 1. The van der Waals surface area contributed by atoms with E-state index in [2.05, 4.69) is 25.6 Å². The van der Waals surface area contributed by atoms with Crippen LogP contribution >= 0.6 is 15.9 Å². The Labute approximate surface area is 129 Å². The maximum absolute atomic E-state index is 12.3. The maximum Gasteiger partial charge on any atom is 0.289 e. The summed E-state index contributed by atoms with van der Waals surface area (Å²) in [7, 11) is -4.09. The molecule has 1 N–H and O–H groups in total. The quantitative estimate of drug-likeness (QED) is 0.657. The molecule has 1 aromatic heterocycles. The standard InChI is InChI=1S/C12H10BrN3O4S/c1-8-4-10(7-14-6-8)15-21(19,20)12-5-9(13)2-3-11(12)16(17)18/h2-7,15H,1H3. The van der Waals surface area contributed by atoms with Gasteiger partial charge in [0.2, 0.25) is 0 Å². The van der Waals surface area contributed by atoms with Crippen molar-refractivity contribution < 1.29 is 13.3 Å². The van der Waals surface area contributed by atoms with Crippen LogP contribution in [0.4, 0.5) is 11.4 Å². The molecule has 2 aromatic rings. The normalized spacial score (nSPS) is 11.1. The van der Waals surface area contributed by atoms with Gasteiger partial charge in [-0.05, 0) is 30.7 Å². The van der Waals surface area contributed by atoms with Crippen LogP contribution in [0.2, 0.25) is 0 Å². The first-order valence-corrected chi connectivity index (χ1v) is 7.95. The van der Waals surface area contributed by atoms with Crippen molar-refractivity contribution in [3.05, 3.63) is 56.8 Å². The van der Waals surface area contributed by atoms with E-state index in [9.17, 15) is 18.5 Å². The molecule has 0 aliphatic heterocycles. The van der Waals surface area contributed by atoms with Gasteiger partial charge in [0, 0.05) is 16.7 Å². The van der Waals surface area contributed by atoms with Crippen LogP contribution in [0.25, 0.3) is 0 Å². The molecule has 110 valence electrons. The zero-order valence-corrected chi connectivity index (χ0v) is 13.2. The fourth-order valence-electron chi connectivity index (χ4n) is 1.67. The van der Waals surface area contributed by atoms with Crippen molar-refractivity contribution in [1.29, 1.82) is 0 Å². The number of hydrogen-bond donors (Lipinski definition) is 1. The summed E-state index contributed by atoms with van der Waals surface area (Å²) in [6.07, 6.45) is 2.90. The average Bonchev–Trinajstić information content (AvgIpc) is 2.37. The third-order valence-electron chi connectivity index (χ3n) is 2.54. The lowest BCUT2D eigenvalue weighted by Crippen LogP contribution is -2.15.